The summed E-state index contributed by atoms with van der Waals surface area (Å²) < 4.78 is 53.5. The number of nitrogens with zero attached hydrogens (tertiary/aromatic N) is 3. The Morgan fingerprint density at radius 3 is 2.18 bits per heavy atom. The Kier molecular flexibility index (Phi) is 25.1. The van der Waals surface area contributed by atoms with Crippen LogP contribution in [0.25, 0.3) is 11.0 Å². The number of nitro groups is 1. The van der Waals surface area contributed by atoms with E-state index in [-0.39, 0.29) is 81.1 Å². The van der Waals surface area contributed by atoms with Crippen LogP contribution in [0.4, 0.5) is 11.4 Å². The number of fused-ring (bicyclic) bond motifs is 1. The molecular weight excluding hydrogens is 766 g/mol. The largest absolute Gasteiger partial charge is 1.00 e. The Morgan fingerprint density at radius 1 is 0.909 bits per heavy atom. The first-order valence-corrected chi connectivity index (χ1v) is 20.7. The van der Waals surface area contributed by atoms with Crippen molar-refractivity contribution in [1.29, 1.82) is 0 Å². The van der Waals surface area contributed by atoms with Crippen molar-refractivity contribution < 1.29 is 103 Å². The van der Waals surface area contributed by atoms with Gasteiger partial charge in [0.1, 0.15) is 24.4 Å². The minimum absolute atomic E-state index is 0. The number of aliphatic hydroxyl groups excluding tert-OH is 2. The molecule has 19 heteroatoms. The third-order valence-corrected chi connectivity index (χ3v) is 9.76. The minimum atomic E-state index is -5.08. The molecule has 1 aromatic carbocycles. The number of amides is 1. The standard InChI is InChI=1S/C36H59N5O12S.K/c1-2-3-4-5-6-7-8-9-10-11-12-13-14-15-16-20-25-50-36-33(35(44)34(43)29(52-36)26-51-54(47,48)49)38-30(42)21-18-17-19-24-37-27-22-23-28(41(45)46)32-31(27)39-53-40-32;/h9-10,22-23,29,33-37,43-44H,2-8,11-21,24-26H2,1H3,(H,38,42)(H,47,48,49);/q;+1/p-1/b10-9-;/t29-,33-,34-,35-,36+;/m1./s1. The predicted octanol–water partition coefficient (Wildman–Crippen LogP) is 2.57. The number of ether oxygens (including phenoxy) is 2. The van der Waals surface area contributed by atoms with Gasteiger partial charge in [-0.2, -0.15) is 0 Å². The van der Waals surface area contributed by atoms with E-state index in [1.165, 1.54) is 50.7 Å². The molecule has 1 aromatic heterocycles. The molecule has 306 valence electrons. The van der Waals surface area contributed by atoms with Gasteiger partial charge in [0, 0.05) is 25.6 Å². The molecule has 4 N–H and O–H groups in total. The van der Waals surface area contributed by atoms with Gasteiger partial charge in [0.15, 0.2) is 11.8 Å². The van der Waals surface area contributed by atoms with Crippen LogP contribution in [0.15, 0.2) is 28.9 Å². The fraction of sp³-hybridized carbons (Fsp3) is 0.750. The molecule has 0 unspecified atom stereocenters. The van der Waals surface area contributed by atoms with E-state index in [2.05, 4.69) is 48.8 Å². The van der Waals surface area contributed by atoms with Crippen LogP contribution in [-0.2, 0) is 28.9 Å². The molecule has 0 saturated carbocycles. The van der Waals surface area contributed by atoms with E-state index in [4.69, 9.17) is 9.47 Å². The Labute approximate surface area is 366 Å². The second-order valence-corrected chi connectivity index (χ2v) is 14.8. The third kappa shape index (κ3) is 19.1. The van der Waals surface area contributed by atoms with Gasteiger partial charge in [0.2, 0.25) is 21.8 Å². The second-order valence-electron chi connectivity index (χ2n) is 13.7. The predicted molar refractivity (Wildman–Crippen MR) is 199 cm³/mol. The summed E-state index contributed by atoms with van der Waals surface area (Å²) in [6.45, 7) is 2.12. The van der Waals surface area contributed by atoms with Gasteiger partial charge in [-0.3, -0.25) is 19.1 Å². The van der Waals surface area contributed by atoms with Crippen LogP contribution in [0.3, 0.4) is 0 Å². The number of anilines is 1. The number of hydrogen-bond donors (Lipinski definition) is 4. The molecule has 1 saturated heterocycles. The second kappa shape index (κ2) is 27.9. The van der Waals surface area contributed by atoms with Crippen LogP contribution >= 0.6 is 0 Å². The zero-order valence-corrected chi connectivity index (χ0v) is 36.2. The van der Waals surface area contributed by atoms with Gasteiger partial charge in [-0.05, 0) is 61.3 Å². The van der Waals surface area contributed by atoms with Gasteiger partial charge >= 0.3 is 57.1 Å². The molecule has 1 aliphatic heterocycles. The zero-order valence-electron chi connectivity index (χ0n) is 32.3. The number of benzene rings is 1. The maximum atomic E-state index is 12.9. The summed E-state index contributed by atoms with van der Waals surface area (Å²) in [5, 5.41) is 45.8. The number of hydrogen-bond acceptors (Lipinski definition) is 15. The zero-order chi connectivity index (χ0) is 39.2. The SMILES string of the molecule is CCCCCCCC/C=C\CCCCCCCCO[C@H]1O[C@H](COS(=O)(=O)[O-])[C@@H](O)[C@H](O)[C@H]1NC(=O)CCCCCNc1ccc([N+](=O)[O-])c2nonc12.[K+]. The van der Waals surface area contributed by atoms with E-state index in [0.717, 1.165) is 44.9 Å². The molecule has 1 aliphatic rings. The topological polar surface area (TPSA) is 249 Å². The Balaban J connectivity index is 0.0000105. The molecule has 55 heavy (non-hydrogen) atoms. The molecule has 2 heterocycles. The Morgan fingerprint density at radius 2 is 1.53 bits per heavy atom. The molecule has 0 radical (unpaired) electrons. The first-order chi connectivity index (χ1) is 26.0. The third-order valence-electron chi connectivity index (χ3n) is 9.33. The maximum absolute atomic E-state index is 12.9. The molecule has 5 atom stereocenters. The van der Waals surface area contributed by atoms with Gasteiger partial charge in [-0.25, -0.2) is 13.0 Å². The number of aromatic nitrogens is 2. The molecule has 0 aliphatic carbocycles. The van der Waals surface area contributed by atoms with Gasteiger partial charge in [-0.1, -0.05) is 83.3 Å². The first kappa shape index (κ1) is 49.5. The quantitative estimate of drug-likeness (QED) is 0.0175. The summed E-state index contributed by atoms with van der Waals surface area (Å²) in [6.07, 6.45) is 16.6. The molecule has 0 spiro atoms. The van der Waals surface area contributed by atoms with E-state index in [0.29, 0.717) is 37.9 Å². The van der Waals surface area contributed by atoms with Crippen molar-refractivity contribution in [2.24, 2.45) is 0 Å². The molecule has 3 rings (SSSR count). The van der Waals surface area contributed by atoms with E-state index >= 15 is 0 Å². The van der Waals surface area contributed by atoms with Crippen LogP contribution in [-0.4, -0.2) is 94.7 Å². The fourth-order valence-corrected chi connectivity index (χ4v) is 6.58. The van der Waals surface area contributed by atoms with Crippen LogP contribution in [0.1, 0.15) is 122 Å². The van der Waals surface area contributed by atoms with Gasteiger partial charge in [0.05, 0.1) is 17.2 Å². The summed E-state index contributed by atoms with van der Waals surface area (Å²) in [6, 6.07) is 1.68. The van der Waals surface area contributed by atoms with E-state index in [1.54, 1.807) is 0 Å². The van der Waals surface area contributed by atoms with Crippen molar-refractivity contribution in [3.05, 3.63) is 34.4 Å². The Bertz CT molecular complexity index is 1530. The van der Waals surface area contributed by atoms with Gasteiger partial charge < -0.3 is 34.9 Å². The van der Waals surface area contributed by atoms with E-state index < -0.39 is 58.5 Å². The van der Waals surface area contributed by atoms with Crippen LogP contribution in [0.2, 0.25) is 0 Å². The van der Waals surface area contributed by atoms with Crippen molar-refractivity contribution in [3.63, 3.8) is 0 Å². The Hall–Kier alpha value is -1.62. The number of carbonyl (C=O) groups is 1. The summed E-state index contributed by atoms with van der Waals surface area (Å²) in [5.41, 5.74) is 0.598. The molecule has 1 fully saturated rings. The minimum Gasteiger partial charge on any atom is -0.726 e. The number of aliphatic hydroxyl groups is 2. The first-order valence-electron chi connectivity index (χ1n) is 19.3. The van der Waals surface area contributed by atoms with Crippen LogP contribution < -0.4 is 62.0 Å². The fourth-order valence-electron chi connectivity index (χ4n) is 6.28. The average Bonchev–Trinajstić information content (AvgIpc) is 3.63. The molecule has 2 aromatic rings. The molecule has 1 amide bonds. The monoisotopic (exact) mass is 823 g/mol. The van der Waals surface area contributed by atoms with E-state index in [1.807, 2.05) is 0 Å². The molecular formula is C36H58KN5O12S. The average molecular weight is 824 g/mol. The number of carbonyl (C=O) groups excluding carboxylic acids is 1. The van der Waals surface area contributed by atoms with Crippen molar-refractivity contribution in [1.82, 2.24) is 15.6 Å². The van der Waals surface area contributed by atoms with Crippen LogP contribution in [0, 0.1) is 10.1 Å². The summed E-state index contributed by atoms with van der Waals surface area (Å²) in [5.74, 6) is -0.420. The van der Waals surface area contributed by atoms with E-state index in [9.17, 15) is 38.1 Å². The van der Waals surface area contributed by atoms with Gasteiger partial charge in [-0.15, -0.1) is 0 Å². The van der Waals surface area contributed by atoms with Gasteiger partial charge in [0.25, 0.3) is 0 Å². The van der Waals surface area contributed by atoms with Crippen molar-refractivity contribution >= 4 is 38.7 Å². The summed E-state index contributed by atoms with van der Waals surface area (Å²) >= 11 is 0. The number of nitro benzene ring substituents is 1. The normalized spacial score (nSPS) is 20.1. The maximum Gasteiger partial charge on any atom is 1.00 e. The van der Waals surface area contributed by atoms with Crippen LogP contribution in [0.5, 0.6) is 0 Å². The number of nitrogens with one attached hydrogen (secondary N) is 2. The smallest absolute Gasteiger partial charge is 0.726 e. The van der Waals surface area contributed by atoms with Crippen molar-refractivity contribution in [2.45, 2.75) is 153 Å². The number of rotatable bonds is 29. The number of non-ortho nitro benzene ring substituents is 1. The summed E-state index contributed by atoms with van der Waals surface area (Å²) in [7, 11) is -5.08. The number of unbranched alkanes of at least 4 members (excludes halogenated alkanes) is 14. The summed E-state index contributed by atoms with van der Waals surface area (Å²) in [4.78, 5) is 23.5. The molecule has 0 bridgehead atoms. The number of allylic oxidation sites excluding steroid dienone is 2. The van der Waals surface area contributed by atoms with Crippen molar-refractivity contribution in [3.8, 4) is 0 Å². The molecule has 17 nitrogen and oxygen atoms in total. The van der Waals surface area contributed by atoms with Crippen molar-refractivity contribution in [2.75, 3.05) is 25.1 Å².